The molecule has 66 valence electrons. The molecule has 1 unspecified atom stereocenters. The van der Waals surface area contributed by atoms with Crippen LogP contribution in [-0.2, 0) is 6.42 Å². The molecule has 0 fully saturated rings. The molecule has 1 rings (SSSR count). The van der Waals surface area contributed by atoms with Crippen LogP contribution in [0.2, 0.25) is 14.0 Å². The van der Waals surface area contributed by atoms with E-state index in [0.29, 0.717) is 0 Å². The molecule has 0 nitrogen and oxygen atoms in total. The van der Waals surface area contributed by atoms with Gasteiger partial charge in [-0.3, -0.25) is 0 Å². The number of hydrogen-bond acceptors (Lipinski definition) is 0. The van der Waals surface area contributed by atoms with Crippen molar-refractivity contribution in [2.75, 3.05) is 0 Å². The van der Waals surface area contributed by atoms with Crippen LogP contribution in [0.15, 0.2) is 24.3 Å². The number of halogens is 1. The molecule has 12 heavy (non-hydrogen) atoms. The minimum atomic E-state index is 0.221. The van der Waals surface area contributed by atoms with Gasteiger partial charge in [-0.2, -0.15) is 0 Å². The Balaban J connectivity index is 2.58. The molecule has 0 heterocycles. The number of benzene rings is 1. The molecule has 1 aromatic rings. The second-order valence-electron chi connectivity index (χ2n) is 2.88. The first kappa shape index (κ1) is 10.4. The molecule has 0 aromatic heterocycles. The molecule has 0 aliphatic rings. The molecule has 0 N–H and O–H groups in total. The molecule has 0 aliphatic heterocycles. The Labute approximate surface area is 89.4 Å². The van der Waals surface area contributed by atoms with Gasteiger partial charge >= 0.3 is 89.7 Å². The monoisotopic (exact) mass is 298 g/mol. The van der Waals surface area contributed by atoms with Gasteiger partial charge in [-0.1, -0.05) is 0 Å². The molecule has 0 spiro atoms. The third-order valence-electron chi connectivity index (χ3n) is 1.84. The number of hydrogen-bond donors (Lipinski definition) is 0. The third kappa shape index (κ3) is 3.35. The fourth-order valence-corrected chi connectivity index (χ4v) is 2.19. The van der Waals surface area contributed by atoms with Gasteiger partial charge in [0.15, 0.2) is 0 Å². The Morgan fingerprint density at radius 2 is 1.92 bits per heavy atom. The number of rotatable bonds is 3. The van der Waals surface area contributed by atoms with Crippen LogP contribution in [0.25, 0.3) is 0 Å². The van der Waals surface area contributed by atoms with E-state index in [2.05, 4.69) is 24.0 Å². The van der Waals surface area contributed by atoms with E-state index in [1.807, 2.05) is 12.1 Å². The zero-order valence-corrected chi connectivity index (χ0v) is 10.5. The van der Waals surface area contributed by atoms with Gasteiger partial charge < -0.3 is 0 Å². The normalized spacial score (nSPS) is 12.9. The van der Waals surface area contributed by atoms with Crippen molar-refractivity contribution in [3.63, 3.8) is 0 Å². The van der Waals surface area contributed by atoms with Crippen molar-refractivity contribution in [3.8, 4) is 0 Å². The average molecular weight is 296 g/mol. The average Bonchev–Trinajstić information content (AvgIpc) is 2.09. The molecule has 1 atom stereocenters. The maximum absolute atomic E-state index is 5.79. The molecule has 0 saturated carbocycles. The summed E-state index contributed by atoms with van der Waals surface area (Å²) in [5.74, 6) is 0. The van der Waals surface area contributed by atoms with Crippen LogP contribution in [0, 0.1) is 0 Å². The summed E-state index contributed by atoms with van der Waals surface area (Å²) in [7, 11) is 0. The van der Waals surface area contributed by atoms with Crippen molar-refractivity contribution in [2.24, 2.45) is 0 Å². The van der Waals surface area contributed by atoms with E-state index < -0.39 is 0 Å². The van der Waals surface area contributed by atoms with Gasteiger partial charge in [0.1, 0.15) is 0 Å². The Morgan fingerprint density at radius 3 is 2.42 bits per heavy atom. The second-order valence-corrected chi connectivity index (χ2v) is 6.96. The Morgan fingerprint density at radius 1 is 1.33 bits per heavy atom. The molecule has 0 radical (unpaired) electrons. The van der Waals surface area contributed by atoms with Crippen molar-refractivity contribution in [2.45, 2.75) is 22.3 Å². The van der Waals surface area contributed by atoms with Gasteiger partial charge in [0, 0.05) is 0 Å². The molecular formula is C10H13ClTe. The van der Waals surface area contributed by atoms with Crippen molar-refractivity contribution in [1.29, 1.82) is 0 Å². The van der Waals surface area contributed by atoms with E-state index >= 15 is 0 Å². The Kier molecular flexibility index (Phi) is 4.43. The molecule has 0 saturated heterocycles. The summed E-state index contributed by atoms with van der Waals surface area (Å²) in [5, 5.41) is 0.833. The van der Waals surface area contributed by atoms with Crippen LogP contribution in [0.3, 0.4) is 0 Å². The molecule has 0 amide bonds. The summed E-state index contributed by atoms with van der Waals surface area (Å²) in [4.78, 5) is 2.35. The second kappa shape index (κ2) is 5.12. The van der Waals surface area contributed by atoms with Crippen LogP contribution in [-0.4, -0.2) is 20.9 Å². The van der Waals surface area contributed by atoms with E-state index in [9.17, 15) is 0 Å². The first-order valence-corrected chi connectivity index (χ1v) is 8.05. The molecule has 2 heteroatoms. The topological polar surface area (TPSA) is 0 Å². The summed E-state index contributed by atoms with van der Waals surface area (Å²) >= 11 is 6.01. The Bertz CT molecular complexity index is 230. The van der Waals surface area contributed by atoms with Crippen molar-refractivity contribution in [3.05, 3.63) is 34.9 Å². The molecule has 1 aromatic carbocycles. The van der Waals surface area contributed by atoms with Gasteiger partial charge in [-0.15, -0.1) is 0 Å². The fourth-order valence-electron chi connectivity index (χ4n) is 1.04. The predicted molar refractivity (Wildman–Crippen MR) is 56.2 cm³/mol. The summed E-state index contributed by atoms with van der Waals surface area (Å²) in [6.45, 7) is 2.33. The molecular weight excluding hydrogens is 283 g/mol. The van der Waals surface area contributed by atoms with E-state index in [1.54, 1.807) is 0 Å². The van der Waals surface area contributed by atoms with E-state index in [1.165, 1.54) is 12.0 Å². The van der Waals surface area contributed by atoms with Crippen molar-refractivity contribution >= 4 is 32.5 Å². The van der Waals surface area contributed by atoms with Crippen LogP contribution in [0.1, 0.15) is 12.5 Å². The molecule has 0 aliphatic carbocycles. The van der Waals surface area contributed by atoms with Gasteiger partial charge in [0.05, 0.1) is 0 Å². The third-order valence-corrected chi connectivity index (χ3v) is 4.86. The maximum atomic E-state index is 5.79. The summed E-state index contributed by atoms with van der Waals surface area (Å²) in [5.41, 5.74) is 1.42. The molecule has 0 bridgehead atoms. The minimum absolute atomic E-state index is 0.221. The zero-order valence-electron chi connectivity index (χ0n) is 7.38. The van der Waals surface area contributed by atoms with Crippen molar-refractivity contribution < 1.29 is 0 Å². The van der Waals surface area contributed by atoms with Crippen molar-refractivity contribution in [1.82, 2.24) is 0 Å². The van der Waals surface area contributed by atoms with E-state index in [0.717, 1.165) is 8.99 Å². The standard InChI is InChI=1S/C10H13ClTe/c1-8(12-2)7-9-3-5-10(11)6-4-9/h3-6,8H,7H2,1-2H3. The van der Waals surface area contributed by atoms with Gasteiger partial charge in [-0.25, -0.2) is 0 Å². The van der Waals surface area contributed by atoms with E-state index in [4.69, 9.17) is 11.6 Å². The summed E-state index contributed by atoms with van der Waals surface area (Å²) in [6.07, 6.45) is 1.22. The first-order chi connectivity index (χ1) is 5.72. The van der Waals surface area contributed by atoms with Gasteiger partial charge in [0.25, 0.3) is 0 Å². The summed E-state index contributed by atoms with van der Waals surface area (Å²) in [6, 6.07) is 8.20. The van der Waals surface area contributed by atoms with Crippen LogP contribution >= 0.6 is 11.6 Å². The Hall–Kier alpha value is 0.300. The van der Waals surface area contributed by atoms with Crippen LogP contribution in [0.4, 0.5) is 0 Å². The zero-order chi connectivity index (χ0) is 8.97. The van der Waals surface area contributed by atoms with E-state index in [-0.39, 0.29) is 20.9 Å². The van der Waals surface area contributed by atoms with Crippen LogP contribution < -0.4 is 0 Å². The van der Waals surface area contributed by atoms with Gasteiger partial charge in [-0.05, 0) is 0 Å². The SMILES string of the molecule is C[Te]C(C)Cc1ccc(Cl)cc1. The van der Waals surface area contributed by atoms with Crippen LogP contribution in [0.5, 0.6) is 0 Å². The quantitative estimate of drug-likeness (QED) is 0.750. The first-order valence-electron chi connectivity index (χ1n) is 3.99. The summed E-state index contributed by atoms with van der Waals surface area (Å²) < 4.78 is 0.900. The van der Waals surface area contributed by atoms with Gasteiger partial charge in [0.2, 0.25) is 0 Å². The predicted octanol–water partition coefficient (Wildman–Crippen LogP) is 3.44. The fraction of sp³-hybridized carbons (Fsp3) is 0.400.